The largest absolute Gasteiger partial charge is 0.309 e. The molecule has 2 aromatic rings. The summed E-state index contributed by atoms with van der Waals surface area (Å²) < 4.78 is 0. The van der Waals surface area contributed by atoms with E-state index < -0.39 is 0 Å². The van der Waals surface area contributed by atoms with Gasteiger partial charge in [-0.1, -0.05) is 18.2 Å². The van der Waals surface area contributed by atoms with E-state index in [0.717, 1.165) is 26.2 Å². The molecule has 2 heterocycles. The Morgan fingerprint density at radius 3 is 2.82 bits per heavy atom. The first-order chi connectivity index (χ1) is 8.42. The summed E-state index contributed by atoms with van der Waals surface area (Å²) >= 11 is 1.75. The molecule has 0 radical (unpaired) electrons. The standard InChI is InChI=1S/C14H16N2S/c1-2-13-8-16-9-14(13)5-11(1)6-15-7-12-3-4-17-10-12/h1-5,10,15-16H,6-9H2. The first-order valence-corrected chi connectivity index (χ1v) is 6.89. The first-order valence-electron chi connectivity index (χ1n) is 5.95. The Morgan fingerprint density at radius 2 is 1.94 bits per heavy atom. The number of benzene rings is 1. The van der Waals surface area contributed by atoms with Crippen LogP contribution in [0.4, 0.5) is 0 Å². The summed E-state index contributed by atoms with van der Waals surface area (Å²) in [6.45, 7) is 3.95. The minimum absolute atomic E-state index is 0.948. The molecular formula is C14H16N2S. The van der Waals surface area contributed by atoms with E-state index in [1.165, 1.54) is 22.3 Å². The van der Waals surface area contributed by atoms with Crippen LogP contribution in [0.3, 0.4) is 0 Å². The van der Waals surface area contributed by atoms with Crippen LogP contribution in [0.15, 0.2) is 35.0 Å². The van der Waals surface area contributed by atoms with E-state index in [1.54, 1.807) is 11.3 Å². The summed E-state index contributed by atoms with van der Waals surface area (Å²) in [5.74, 6) is 0. The van der Waals surface area contributed by atoms with Crippen molar-refractivity contribution in [2.24, 2.45) is 0 Å². The molecule has 88 valence electrons. The second kappa shape index (κ2) is 5.00. The van der Waals surface area contributed by atoms with Crippen LogP contribution in [0.1, 0.15) is 22.3 Å². The SMILES string of the molecule is c1cc(CNCc2ccc3c(c2)CNC3)cs1. The van der Waals surface area contributed by atoms with Crippen molar-refractivity contribution in [3.05, 3.63) is 57.3 Å². The van der Waals surface area contributed by atoms with Crippen molar-refractivity contribution in [1.29, 1.82) is 0 Å². The Bertz CT molecular complexity index is 491. The molecule has 0 amide bonds. The number of nitrogens with one attached hydrogen (secondary N) is 2. The van der Waals surface area contributed by atoms with Gasteiger partial charge >= 0.3 is 0 Å². The van der Waals surface area contributed by atoms with Gasteiger partial charge in [0.15, 0.2) is 0 Å². The highest BCUT2D eigenvalue weighted by Gasteiger charge is 2.09. The van der Waals surface area contributed by atoms with Crippen LogP contribution in [0, 0.1) is 0 Å². The van der Waals surface area contributed by atoms with E-state index >= 15 is 0 Å². The fraction of sp³-hybridized carbons (Fsp3) is 0.286. The maximum absolute atomic E-state index is 3.48. The molecule has 1 aromatic heterocycles. The zero-order valence-electron chi connectivity index (χ0n) is 9.70. The molecule has 0 unspecified atom stereocenters. The quantitative estimate of drug-likeness (QED) is 0.864. The maximum atomic E-state index is 3.48. The average Bonchev–Trinajstić information content (AvgIpc) is 2.98. The Morgan fingerprint density at radius 1 is 1.06 bits per heavy atom. The molecule has 0 spiro atoms. The van der Waals surface area contributed by atoms with Crippen molar-refractivity contribution in [3.63, 3.8) is 0 Å². The molecule has 1 aromatic carbocycles. The normalized spacial score (nSPS) is 13.9. The molecule has 0 saturated heterocycles. The summed E-state index contributed by atoms with van der Waals surface area (Å²) in [5.41, 5.74) is 5.66. The molecule has 2 N–H and O–H groups in total. The Hall–Kier alpha value is -1.16. The van der Waals surface area contributed by atoms with Gasteiger partial charge in [0.05, 0.1) is 0 Å². The molecule has 2 nitrogen and oxygen atoms in total. The smallest absolute Gasteiger partial charge is 0.0216 e. The Balaban J connectivity index is 1.58. The van der Waals surface area contributed by atoms with Crippen molar-refractivity contribution in [2.75, 3.05) is 0 Å². The van der Waals surface area contributed by atoms with Gasteiger partial charge in [0, 0.05) is 26.2 Å². The van der Waals surface area contributed by atoms with Crippen LogP contribution < -0.4 is 10.6 Å². The fourth-order valence-electron chi connectivity index (χ4n) is 2.20. The van der Waals surface area contributed by atoms with Crippen LogP contribution in [0.5, 0.6) is 0 Å². The third-order valence-corrected chi connectivity index (χ3v) is 3.87. The number of thiophene rings is 1. The van der Waals surface area contributed by atoms with E-state index in [1.807, 2.05) is 0 Å². The molecule has 0 atom stereocenters. The fourth-order valence-corrected chi connectivity index (χ4v) is 2.87. The summed E-state index contributed by atoms with van der Waals surface area (Å²) in [7, 11) is 0. The predicted octanol–water partition coefficient (Wildman–Crippen LogP) is 2.64. The molecule has 1 aliphatic heterocycles. The minimum atomic E-state index is 0.948. The third-order valence-electron chi connectivity index (χ3n) is 3.14. The van der Waals surface area contributed by atoms with E-state index in [4.69, 9.17) is 0 Å². The summed E-state index contributed by atoms with van der Waals surface area (Å²) in [6, 6.07) is 8.96. The van der Waals surface area contributed by atoms with Crippen LogP contribution >= 0.6 is 11.3 Å². The molecule has 3 heteroatoms. The lowest BCUT2D eigenvalue weighted by molar-refractivity contribution is 0.694. The van der Waals surface area contributed by atoms with Gasteiger partial charge in [-0.15, -0.1) is 0 Å². The van der Waals surface area contributed by atoms with Crippen molar-refractivity contribution < 1.29 is 0 Å². The topological polar surface area (TPSA) is 24.1 Å². The van der Waals surface area contributed by atoms with Crippen LogP contribution in [0.2, 0.25) is 0 Å². The molecule has 1 aliphatic rings. The monoisotopic (exact) mass is 244 g/mol. The van der Waals surface area contributed by atoms with E-state index in [9.17, 15) is 0 Å². The maximum Gasteiger partial charge on any atom is 0.0216 e. The van der Waals surface area contributed by atoms with Gasteiger partial charge in [-0.25, -0.2) is 0 Å². The Kier molecular flexibility index (Phi) is 3.22. The lowest BCUT2D eigenvalue weighted by Crippen LogP contribution is -2.12. The molecular weight excluding hydrogens is 228 g/mol. The second-order valence-electron chi connectivity index (χ2n) is 4.44. The molecule has 0 fully saturated rings. The van der Waals surface area contributed by atoms with Gasteiger partial charge in [-0.3, -0.25) is 0 Å². The number of fused-ring (bicyclic) bond motifs is 1. The van der Waals surface area contributed by atoms with Crippen LogP contribution in [0.25, 0.3) is 0 Å². The molecule has 0 aliphatic carbocycles. The summed E-state index contributed by atoms with van der Waals surface area (Å²) in [5, 5.41) is 11.2. The van der Waals surface area contributed by atoms with Crippen molar-refractivity contribution in [3.8, 4) is 0 Å². The molecule has 0 saturated carbocycles. The summed E-state index contributed by atoms with van der Waals surface area (Å²) in [4.78, 5) is 0. The van der Waals surface area contributed by atoms with E-state index in [0.29, 0.717) is 0 Å². The van der Waals surface area contributed by atoms with Crippen molar-refractivity contribution in [1.82, 2.24) is 10.6 Å². The molecule has 17 heavy (non-hydrogen) atoms. The molecule has 3 rings (SSSR count). The van der Waals surface area contributed by atoms with Crippen molar-refractivity contribution in [2.45, 2.75) is 26.2 Å². The van der Waals surface area contributed by atoms with Gasteiger partial charge in [0.25, 0.3) is 0 Å². The van der Waals surface area contributed by atoms with Crippen LogP contribution in [-0.4, -0.2) is 0 Å². The number of hydrogen-bond acceptors (Lipinski definition) is 3. The lowest BCUT2D eigenvalue weighted by Gasteiger charge is -2.06. The van der Waals surface area contributed by atoms with Gasteiger partial charge in [0.2, 0.25) is 0 Å². The van der Waals surface area contributed by atoms with Gasteiger partial charge in [-0.05, 0) is 39.1 Å². The van der Waals surface area contributed by atoms with Crippen LogP contribution in [-0.2, 0) is 26.2 Å². The zero-order valence-corrected chi connectivity index (χ0v) is 10.5. The predicted molar refractivity (Wildman–Crippen MR) is 71.8 cm³/mol. The highest BCUT2D eigenvalue weighted by atomic mass is 32.1. The van der Waals surface area contributed by atoms with E-state index in [-0.39, 0.29) is 0 Å². The van der Waals surface area contributed by atoms with Gasteiger partial charge in [-0.2, -0.15) is 11.3 Å². The number of hydrogen-bond donors (Lipinski definition) is 2. The lowest BCUT2D eigenvalue weighted by atomic mass is 10.1. The first kappa shape index (κ1) is 11.0. The average molecular weight is 244 g/mol. The second-order valence-corrected chi connectivity index (χ2v) is 5.22. The van der Waals surface area contributed by atoms with E-state index in [2.05, 4.69) is 45.7 Å². The highest BCUT2D eigenvalue weighted by Crippen LogP contribution is 2.17. The molecule has 0 bridgehead atoms. The van der Waals surface area contributed by atoms with Gasteiger partial charge < -0.3 is 10.6 Å². The number of rotatable bonds is 4. The highest BCUT2D eigenvalue weighted by molar-refractivity contribution is 7.07. The third kappa shape index (κ3) is 2.57. The zero-order chi connectivity index (χ0) is 11.5. The summed E-state index contributed by atoms with van der Waals surface area (Å²) in [6.07, 6.45) is 0. The Labute approximate surface area is 106 Å². The van der Waals surface area contributed by atoms with Crippen molar-refractivity contribution >= 4 is 11.3 Å². The van der Waals surface area contributed by atoms with Gasteiger partial charge in [0.1, 0.15) is 0 Å². The minimum Gasteiger partial charge on any atom is -0.309 e.